The molecule has 0 radical (unpaired) electrons. The summed E-state index contributed by atoms with van der Waals surface area (Å²) in [5.41, 5.74) is 2.45. The van der Waals surface area contributed by atoms with E-state index in [4.69, 9.17) is 4.74 Å². The van der Waals surface area contributed by atoms with E-state index in [9.17, 15) is 13.2 Å². The largest absolute Gasteiger partial charge is 0.486 e. The second-order valence-electron chi connectivity index (χ2n) is 6.74. The van der Waals surface area contributed by atoms with Crippen LogP contribution in [-0.2, 0) is 23.2 Å². The zero-order valence-electron chi connectivity index (χ0n) is 16.4. The number of carbonyl (C=O) groups excluding carboxylic acids is 1. The Hall–Kier alpha value is -3.12. The number of sulfonamides is 1. The van der Waals surface area contributed by atoms with Crippen molar-refractivity contribution in [1.82, 2.24) is 0 Å². The van der Waals surface area contributed by atoms with Crippen LogP contribution in [0.25, 0.3) is 0 Å². The molecule has 3 rings (SSSR count). The van der Waals surface area contributed by atoms with Crippen LogP contribution in [0.5, 0.6) is 5.75 Å². The summed E-state index contributed by atoms with van der Waals surface area (Å²) >= 11 is 0. The van der Waals surface area contributed by atoms with Crippen molar-refractivity contribution in [2.75, 3.05) is 10.6 Å². The first kappa shape index (κ1) is 20.6. The van der Waals surface area contributed by atoms with E-state index in [2.05, 4.69) is 0 Å². The number of ether oxygens (including phenoxy) is 1. The molecule has 0 heterocycles. The molecule has 150 valence electrons. The third-order valence-corrected chi connectivity index (χ3v) is 5.56. The molecule has 6 heteroatoms. The average Bonchev–Trinajstić information content (AvgIpc) is 2.71. The van der Waals surface area contributed by atoms with Gasteiger partial charge in [-0.2, -0.15) is 0 Å². The number of hydrogen-bond acceptors (Lipinski definition) is 4. The highest BCUT2D eigenvalue weighted by Gasteiger charge is 2.24. The van der Waals surface area contributed by atoms with Crippen LogP contribution < -0.4 is 9.04 Å². The first-order valence-electron chi connectivity index (χ1n) is 9.18. The van der Waals surface area contributed by atoms with Crippen LogP contribution in [0.15, 0.2) is 78.9 Å². The molecule has 29 heavy (non-hydrogen) atoms. The Morgan fingerprint density at radius 1 is 0.862 bits per heavy atom. The highest BCUT2D eigenvalue weighted by molar-refractivity contribution is 7.92. The lowest BCUT2D eigenvalue weighted by molar-refractivity contribution is 0.101. The first-order valence-corrected chi connectivity index (χ1v) is 11.0. The van der Waals surface area contributed by atoms with E-state index < -0.39 is 10.0 Å². The van der Waals surface area contributed by atoms with Crippen molar-refractivity contribution in [1.29, 1.82) is 0 Å². The van der Waals surface area contributed by atoms with Gasteiger partial charge in [0.2, 0.25) is 10.0 Å². The number of rotatable bonds is 8. The fourth-order valence-corrected chi connectivity index (χ4v) is 3.89. The molecule has 0 aliphatic rings. The molecule has 0 saturated carbocycles. The molecular formula is C23H23NO4S. The van der Waals surface area contributed by atoms with Crippen LogP contribution in [0, 0.1) is 0 Å². The van der Waals surface area contributed by atoms with Crippen molar-refractivity contribution in [3.63, 3.8) is 0 Å². The maximum atomic E-state index is 12.6. The van der Waals surface area contributed by atoms with Gasteiger partial charge in [-0.05, 0) is 30.2 Å². The third-order valence-electron chi connectivity index (χ3n) is 4.44. The standard InChI is InChI=1S/C23H23NO4S/c1-18(25)21-14-9-15-22(23(21)28-17-20-12-7-4-8-13-20)24(29(2,26)27)16-19-10-5-3-6-11-19/h3-15H,16-17H2,1-2H3. The molecular weight excluding hydrogens is 386 g/mol. The average molecular weight is 410 g/mol. The monoisotopic (exact) mass is 409 g/mol. The van der Waals surface area contributed by atoms with E-state index in [1.54, 1.807) is 18.2 Å². The van der Waals surface area contributed by atoms with E-state index >= 15 is 0 Å². The summed E-state index contributed by atoms with van der Waals surface area (Å²) in [7, 11) is -3.62. The van der Waals surface area contributed by atoms with Crippen LogP contribution in [0.4, 0.5) is 5.69 Å². The molecule has 3 aromatic rings. The number of nitrogens with zero attached hydrogens (tertiary/aromatic N) is 1. The van der Waals surface area contributed by atoms with Gasteiger partial charge in [0.15, 0.2) is 11.5 Å². The highest BCUT2D eigenvalue weighted by Crippen LogP contribution is 2.35. The fraction of sp³-hybridized carbons (Fsp3) is 0.174. The van der Waals surface area contributed by atoms with Crippen molar-refractivity contribution in [2.45, 2.75) is 20.1 Å². The lowest BCUT2D eigenvalue weighted by atomic mass is 10.1. The first-order chi connectivity index (χ1) is 13.9. The number of hydrogen-bond donors (Lipinski definition) is 0. The summed E-state index contributed by atoms with van der Waals surface area (Å²) in [5.74, 6) is 0.0771. The molecule has 5 nitrogen and oxygen atoms in total. The Balaban J connectivity index is 2.05. The van der Waals surface area contributed by atoms with Gasteiger partial charge >= 0.3 is 0 Å². The van der Waals surface area contributed by atoms with Crippen LogP contribution in [-0.4, -0.2) is 20.5 Å². The highest BCUT2D eigenvalue weighted by atomic mass is 32.2. The lowest BCUT2D eigenvalue weighted by Gasteiger charge is -2.26. The summed E-state index contributed by atoms with van der Waals surface area (Å²) in [4.78, 5) is 12.2. The lowest BCUT2D eigenvalue weighted by Crippen LogP contribution is -2.30. The SMILES string of the molecule is CC(=O)c1cccc(N(Cc2ccccc2)S(C)(=O)=O)c1OCc1ccccc1. The molecule has 0 aromatic heterocycles. The topological polar surface area (TPSA) is 63.7 Å². The maximum Gasteiger partial charge on any atom is 0.232 e. The molecule has 0 unspecified atom stereocenters. The molecule has 0 saturated heterocycles. The van der Waals surface area contributed by atoms with E-state index in [1.807, 2.05) is 60.7 Å². The van der Waals surface area contributed by atoms with Gasteiger partial charge in [0.1, 0.15) is 6.61 Å². The molecule has 0 spiro atoms. The smallest absolute Gasteiger partial charge is 0.232 e. The van der Waals surface area contributed by atoms with Gasteiger partial charge in [-0.25, -0.2) is 8.42 Å². The Morgan fingerprint density at radius 2 is 1.45 bits per heavy atom. The number of ketones is 1. The summed E-state index contributed by atoms with van der Waals surface area (Å²) in [6.07, 6.45) is 1.15. The minimum Gasteiger partial charge on any atom is -0.486 e. The third kappa shape index (κ3) is 5.23. The molecule has 0 atom stereocenters. The summed E-state index contributed by atoms with van der Waals surface area (Å²) in [6, 6.07) is 23.8. The summed E-state index contributed by atoms with van der Waals surface area (Å²) in [6.45, 7) is 1.81. The predicted octanol–water partition coefficient (Wildman–Crippen LogP) is 4.43. The molecule has 0 aliphatic heterocycles. The number of Topliss-reactive ketones (excluding diaryl/α,β-unsaturated/α-hetero) is 1. The van der Waals surface area contributed by atoms with Gasteiger partial charge in [0.25, 0.3) is 0 Å². The normalized spacial score (nSPS) is 11.1. The number of anilines is 1. The maximum absolute atomic E-state index is 12.6. The molecule has 3 aromatic carbocycles. The van der Waals surface area contributed by atoms with E-state index in [-0.39, 0.29) is 24.7 Å². The summed E-state index contributed by atoms with van der Waals surface area (Å²) in [5, 5.41) is 0. The Labute approximate surface area is 171 Å². The Morgan fingerprint density at radius 3 is 2.00 bits per heavy atom. The van der Waals surface area contributed by atoms with Gasteiger partial charge in [0, 0.05) is 0 Å². The van der Waals surface area contributed by atoms with Crippen LogP contribution >= 0.6 is 0 Å². The zero-order valence-corrected chi connectivity index (χ0v) is 17.2. The molecule has 0 fully saturated rings. The Kier molecular flexibility index (Phi) is 6.34. The van der Waals surface area contributed by atoms with Crippen LogP contribution in [0.3, 0.4) is 0 Å². The fourth-order valence-electron chi connectivity index (χ4n) is 3.01. The van der Waals surface area contributed by atoms with Crippen molar-refractivity contribution in [3.8, 4) is 5.75 Å². The quantitative estimate of drug-likeness (QED) is 0.516. The number of carbonyl (C=O) groups is 1. The van der Waals surface area contributed by atoms with Crippen molar-refractivity contribution < 1.29 is 17.9 Å². The number of para-hydroxylation sites is 1. The van der Waals surface area contributed by atoms with Crippen molar-refractivity contribution in [3.05, 3.63) is 95.6 Å². The van der Waals surface area contributed by atoms with E-state index in [1.165, 1.54) is 11.2 Å². The van der Waals surface area contributed by atoms with Crippen LogP contribution in [0.2, 0.25) is 0 Å². The second kappa shape index (κ2) is 8.92. The van der Waals surface area contributed by atoms with E-state index in [0.29, 0.717) is 11.3 Å². The van der Waals surface area contributed by atoms with Gasteiger partial charge in [-0.1, -0.05) is 66.7 Å². The molecule has 0 bridgehead atoms. The minimum absolute atomic E-state index is 0.142. The minimum atomic E-state index is -3.62. The number of benzene rings is 3. The predicted molar refractivity (Wildman–Crippen MR) is 115 cm³/mol. The van der Waals surface area contributed by atoms with Gasteiger partial charge < -0.3 is 4.74 Å². The van der Waals surface area contributed by atoms with Crippen LogP contribution in [0.1, 0.15) is 28.4 Å². The van der Waals surface area contributed by atoms with E-state index in [0.717, 1.165) is 17.4 Å². The van der Waals surface area contributed by atoms with Gasteiger partial charge in [-0.15, -0.1) is 0 Å². The molecule has 0 N–H and O–H groups in total. The molecule has 0 aliphatic carbocycles. The van der Waals surface area contributed by atoms with Gasteiger partial charge in [0.05, 0.1) is 24.1 Å². The Bertz CT molecular complexity index is 1080. The second-order valence-corrected chi connectivity index (χ2v) is 8.65. The zero-order chi connectivity index (χ0) is 20.9. The van der Waals surface area contributed by atoms with Crippen molar-refractivity contribution in [2.24, 2.45) is 0 Å². The van der Waals surface area contributed by atoms with Gasteiger partial charge in [-0.3, -0.25) is 9.10 Å². The summed E-state index contributed by atoms with van der Waals surface area (Å²) < 4.78 is 32.5. The molecule has 0 amide bonds. The van der Waals surface area contributed by atoms with Crippen molar-refractivity contribution >= 4 is 21.5 Å².